The van der Waals surface area contributed by atoms with E-state index in [1.165, 1.54) is 14.2 Å². The third-order valence-corrected chi connectivity index (χ3v) is 4.99. The number of methoxy groups -OCH3 is 2. The van der Waals surface area contributed by atoms with Crippen molar-refractivity contribution < 1.29 is 28.4 Å². The minimum atomic E-state index is -1.02. The van der Waals surface area contributed by atoms with E-state index in [4.69, 9.17) is 14.0 Å². The molecule has 1 atom stereocenters. The Kier molecular flexibility index (Phi) is 6.20. The van der Waals surface area contributed by atoms with Crippen molar-refractivity contribution in [1.82, 2.24) is 20.8 Å². The van der Waals surface area contributed by atoms with Gasteiger partial charge in [0.05, 0.1) is 38.4 Å². The maximum Gasteiger partial charge on any atom is 0.254 e. The fourth-order valence-corrected chi connectivity index (χ4v) is 3.31. The molecule has 3 N–H and O–H groups in total. The lowest BCUT2D eigenvalue weighted by molar-refractivity contribution is -0.125. The van der Waals surface area contributed by atoms with Crippen LogP contribution in [-0.4, -0.2) is 48.1 Å². The van der Waals surface area contributed by atoms with Crippen LogP contribution >= 0.6 is 0 Å². The van der Waals surface area contributed by atoms with Crippen LogP contribution in [0.4, 0.5) is 5.69 Å². The lowest BCUT2D eigenvalue weighted by Gasteiger charge is -2.13. The number of rotatable bonds is 7. The fraction of sp³-hybridized carbons (Fsp3) is 0.227. The molecular formula is C22H21N5O6. The molecule has 0 unspecified atom stereocenters. The van der Waals surface area contributed by atoms with Crippen LogP contribution < -0.4 is 25.4 Å². The van der Waals surface area contributed by atoms with Gasteiger partial charge in [0.15, 0.2) is 11.5 Å². The molecule has 2 heterocycles. The Hall–Kier alpha value is -4.41. The lowest BCUT2D eigenvalue weighted by Crippen LogP contribution is -2.44. The monoisotopic (exact) mass is 451 g/mol. The molecule has 11 nitrogen and oxygen atoms in total. The Bertz CT molecular complexity index is 1210. The van der Waals surface area contributed by atoms with Gasteiger partial charge in [-0.1, -0.05) is 17.3 Å². The van der Waals surface area contributed by atoms with Gasteiger partial charge < -0.3 is 29.9 Å². The van der Waals surface area contributed by atoms with E-state index in [-0.39, 0.29) is 18.9 Å². The van der Waals surface area contributed by atoms with Crippen LogP contribution in [0.5, 0.6) is 11.5 Å². The molecule has 1 aromatic heterocycles. The first-order valence-electron chi connectivity index (χ1n) is 10.0. The zero-order chi connectivity index (χ0) is 23.4. The lowest BCUT2D eigenvalue weighted by atomic mass is 10.1. The quantitative estimate of drug-likeness (QED) is 0.490. The Morgan fingerprint density at radius 3 is 2.70 bits per heavy atom. The number of fused-ring (bicyclic) bond motifs is 1. The molecule has 170 valence electrons. The van der Waals surface area contributed by atoms with E-state index in [9.17, 15) is 14.4 Å². The molecule has 1 aliphatic heterocycles. The third kappa shape index (κ3) is 4.76. The van der Waals surface area contributed by atoms with Crippen molar-refractivity contribution in [3.63, 3.8) is 0 Å². The van der Waals surface area contributed by atoms with Gasteiger partial charge in [0.1, 0.15) is 6.04 Å². The maximum absolute atomic E-state index is 12.4. The summed E-state index contributed by atoms with van der Waals surface area (Å²) in [6.45, 7) is -0.0400. The largest absolute Gasteiger partial charge is 0.493 e. The first kappa shape index (κ1) is 21.8. The third-order valence-electron chi connectivity index (χ3n) is 4.99. The molecule has 0 spiro atoms. The number of amides is 3. The number of hydrogen-bond donors (Lipinski definition) is 3. The van der Waals surface area contributed by atoms with Crippen molar-refractivity contribution in [2.75, 3.05) is 19.5 Å². The first-order chi connectivity index (χ1) is 16.0. The van der Waals surface area contributed by atoms with Crippen LogP contribution in [-0.2, 0) is 16.1 Å². The van der Waals surface area contributed by atoms with Gasteiger partial charge in [-0.15, -0.1) is 0 Å². The van der Waals surface area contributed by atoms with Gasteiger partial charge in [-0.2, -0.15) is 4.98 Å². The highest BCUT2D eigenvalue weighted by molar-refractivity contribution is 6.10. The van der Waals surface area contributed by atoms with Gasteiger partial charge in [-0.3, -0.25) is 14.4 Å². The average Bonchev–Trinajstić information content (AvgIpc) is 3.27. The van der Waals surface area contributed by atoms with E-state index in [1.807, 2.05) is 0 Å². The van der Waals surface area contributed by atoms with E-state index in [2.05, 4.69) is 26.1 Å². The second-order valence-corrected chi connectivity index (χ2v) is 7.12. The number of carbonyl (C=O) groups excluding carboxylic acids is 3. The van der Waals surface area contributed by atoms with Gasteiger partial charge in [-0.05, 0) is 30.3 Å². The molecule has 2 aromatic carbocycles. The topological polar surface area (TPSA) is 145 Å². The van der Waals surface area contributed by atoms with Gasteiger partial charge in [-0.25, -0.2) is 0 Å². The number of benzene rings is 2. The van der Waals surface area contributed by atoms with Crippen molar-refractivity contribution >= 4 is 23.4 Å². The molecule has 33 heavy (non-hydrogen) atoms. The van der Waals surface area contributed by atoms with Crippen molar-refractivity contribution in [2.45, 2.75) is 19.0 Å². The zero-order valence-corrected chi connectivity index (χ0v) is 17.9. The fourth-order valence-electron chi connectivity index (χ4n) is 3.31. The average molecular weight is 451 g/mol. The van der Waals surface area contributed by atoms with Crippen LogP contribution in [0, 0.1) is 0 Å². The standard InChI is InChI=1S/C22H21N5O6/c1-31-16-8-7-12(9-17(16)32-2)20-26-19(33-27-20)11-23-18(28)10-15-22(30)24-14-6-4-3-5-13(14)21(29)25-15/h3-9,15H,10-11H2,1-2H3,(H,23,28)(H,24,30)(H,25,29)/t15-/m0/s1. The first-order valence-corrected chi connectivity index (χ1v) is 10.0. The van der Waals surface area contributed by atoms with Crippen LogP contribution in [0.15, 0.2) is 47.0 Å². The number of aromatic nitrogens is 2. The van der Waals surface area contributed by atoms with Gasteiger partial charge in [0, 0.05) is 5.56 Å². The highest BCUT2D eigenvalue weighted by Crippen LogP contribution is 2.31. The number of hydrogen-bond acceptors (Lipinski definition) is 8. The van der Waals surface area contributed by atoms with Crippen LogP contribution in [0.3, 0.4) is 0 Å². The zero-order valence-electron chi connectivity index (χ0n) is 17.9. The summed E-state index contributed by atoms with van der Waals surface area (Å²) in [7, 11) is 3.06. The number of ether oxygens (including phenoxy) is 2. The molecular weight excluding hydrogens is 430 g/mol. The minimum Gasteiger partial charge on any atom is -0.493 e. The molecule has 0 saturated heterocycles. The van der Waals surface area contributed by atoms with Gasteiger partial charge in [0.2, 0.25) is 23.5 Å². The summed E-state index contributed by atoms with van der Waals surface area (Å²) in [5.41, 5.74) is 1.38. The summed E-state index contributed by atoms with van der Waals surface area (Å²) >= 11 is 0. The number of nitrogens with zero attached hydrogens (tertiary/aromatic N) is 2. The van der Waals surface area contributed by atoms with Crippen molar-refractivity contribution in [3.8, 4) is 22.9 Å². The Morgan fingerprint density at radius 2 is 1.91 bits per heavy atom. The van der Waals surface area contributed by atoms with Gasteiger partial charge in [0.25, 0.3) is 5.91 Å². The highest BCUT2D eigenvalue weighted by Gasteiger charge is 2.29. The summed E-state index contributed by atoms with van der Waals surface area (Å²) in [5.74, 6) is 0.196. The predicted octanol–water partition coefficient (Wildman–Crippen LogP) is 1.51. The molecule has 1 aliphatic rings. The van der Waals surface area contributed by atoms with Gasteiger partial charge >= 0.3 is 0 Å². The molecule has 3 aromatic rings. The van der Waals surface area contributed by atoms with Crippen LogP contribution in [0.1, 0.15) is 22.7 Å². The molecule has 4 rings (SSSR count). The SMILES string of the molecule is COc1ccc(-c2noc(CNC(=O)C[C@@H]3NC(=O)c4ccccc4NC3=O)n2)cc1OC. The molecule has 0 bridgehead atoms. The summed E-state index contributed by atoms with van der Waals surface area (Å²) in [6.07, 6.45) is -0.248. The highest BCUT2D eigenvalue weighted by atomic mass is 16.5. The Labute approximate surface area is 188 Å². The van der Waals surface area contributed by atoms with E-state index >= 15 is 0 Å². The minimum absolute atomic E-state index is 0.0400. The predicted molar refractivity (Wildman–Crippen MR) is 116 cm³/mol. The molecule has 0 saturated carbocycles. The summed E-state index contributed by atoms with van der Waals surface area (Å²) in [6, 6.07) is 10.8. The van der Waals surface area contributed by atoms with Crippen molar-refractivity contribution in [2.24, 2.45) is 0 Å². The van der Waals surface area contributed by atoms with Crippen molar-refractivity contribution in [1.29, 1.82) is 0 Å². The molecule has 0 radical (unpaired) electrons. The van der Waals surface area contributed by atoms with E-state index in [0.717, 1.165) is 0 Å². The Balaban J connectivity index is 1.36. The van der Waals surface area contributed by atoms with Crippen LogP contribution in [0.2, 0.25) is 0 Å². The number of nitrogens with one attached hydrogen (secondary N) is 3. The second-order valence-electron chi connectivity index (χ2n) is 7.12. The molecule has 0 aliphatic carbocycles. The summed E-state index contributed by atoms with van der Waals surface area (Å²) in [5, 5.41) is 11.8. The van der Waals surface area contributed by atoms with E-state index in [0.29, 0.717) is 34.1 Å². The summed E-state index contributed by atoms with van der Waals surface area (Å²) in [4.78, 5) is 41.4. The smallest absolute Gasteiger partial charge is 0.254 e. The molecule has 0 fully saturated rings. The molecule has 3 amide bonds. The van der Waals surface area contributed by atoms with E-state index < -0.39 is 23.8 Å². The summed E-state index contributed by atoms with van der Waals surface area (Å²) < 4.78 is 15.7. The van der Waals surface area contributed by atoms with Crippen molar-refractivity contribution in [3.05, 3.63) is 53.9 Å². The van der Waals surface area contributed by atoms with E-state index in [1.54, 1.807) is 42.5 Å². The molecule has 11 heteroatoms. The normalized spacial score (nSPS) is 15.0. The Morgan fingerprint density at radius 1 is 1.12 bits per heavy atom. The number of carbonyl (C=O) groups is 3. The number of anilines is 1. The second kappa shape index (κ2) is 9.39. The number of para-hydroxylation sites is 1. The van der Waals surface area contributed by atoms with Crippen LogP contribution in [0.25, 0.3) is 11.4 Å². The maximum atomic E-state index is 12.4.